The van der Waals surface area contributed by atoms with Crippen LogP contribution in [0.4, 0.5) is 5.69 Å². The molecule has 0 heterocycles. The largest absolute Gasteiger partial charge is 0.477 e. The molecule has 1 saturated carbocycles. The summed E-state index contributed by atoms with van der Waals surface area (Å²) in [5, 5.41) is 13.8. The van der Waals surface area contributed by atoms with Gasteiger partial charge in [-0.15, -0.1) is 0 Å². The monoisotopic (exact) mass is 321 g/mol. The van der Waals surface area contributed by atoms with Gasteiger partial charge in [0.2, 0.25) is 5.91 Å². The molecule has 0 aliphatic heterocycles. The highest BCUT2D eigenvalue weighted by Gasteiger charge is 2.24. The van der Waals surface area contributed by atoms with E-state index in [2.05, 4.69) is 5.32 Å². The Hall–Kier alpha value is -2.64. The van der Waals surface area contributed by atoms with Crippen LogP contribution in [0, 0.1) is 17.0 Å². The van der Waals surface area contributed by atoms with Crippen LogP contribution >= 0.6 is 0 Å². The van der Waals surface area contributed by atoms with E-state index in [0.717, 1.165) is 18.4 Å². The molecule has 0 spiro atoms. The summed E-state index contributed by atoms with van der Waals surface area (Å²) < 4.78 is 5.25. The van der Waals surface area contributed by atoms with E-state index in [1.807, 2.05) is 0 Å². The van der Waals surface area contributed by atoms with Crippen molar-refractivity contribution in [3.05, 3.63) is 33.9 Å². The lowest BCUT2D eigenvalue weighted by Gasteiger charge is -2.17. The zero-order valence-corrected chi connectivity index (χ0v) is 13.1. The van der Waals surface area contributed by atoms with Crippen LogP contribution in [0.1, 0.15) is 18.4 Å². The number of carbonyl (C=O) groups excluding carboxylic acids is 2. The molecule has 2 amide bonds. The number of nitro groups is 1. The lowest BCUT2D eigenvalue weighted by atomic mass is 10.2. The van der Waals surface area contributed by atoms with Crippen LogP contribution in [0.3, 0.4) is 0 Å². The zero-order chi connectivity index (χ0) is 17.0. The normalized spacial score (nSPS) is 13.3. The van der Waals surface area contributed by atoms with Gasteiger partial charge in [-0.25, -0.2) is 0 Å². The van der Waals surface area contributed by atoms with Crippen molar-refractivity contribution in [3.63, 3.8) is 0 Å². The fourth-order valence-electron chi connectivity index (χ4n) is 1.95. The first-order chi connectivity index (χ1) is 10.9. The molecule has 0 atom stereocenters. The number of nitro benzene ring substituents is 1. The van der Waals surface area contributed by atoms with Crippen LogP contribution in [0.25, 0.3) is 0 Å². The molecular weight excluding hydrogens is 302 g/mol. The minimum absolute atomic E-state index is 0.0322. The molecule has 1 aliphatic rings. The average Bonchev–Trinajstić information content (AvgIpc) is 3.28. The van der Waals surface area contributed by atoms with Gasteiger partial charge in [0.1, 0.15) is 0 Å². The first kappa shape index (κ1) is 16.7. The van der Waals surface area contributed by atoms with Crippen molar-refractivity contribution >= 4 is 17.5 Å². The predicted octanol–water partition coefficient (Wildman–Crippen LogP) is 1.02. The van der Waals surface area contributed by atoms with Crippen molar-refractivity contribution in [2.75, 3.05) is 20.2 Å². The van der Waals surface area contributed by atoms with Gasteiger partial charge in [0.05, 0.1) is 11.5 Å². The van der Waals surface area contributed by atoms with Crippen molar-refractivity contribution in [3.8, 4) is 5.75 Å². The highest BCUT2D eigenvalue weighted by molar-refractivity contribution is 5.85. The molecule has 2 rings (SSSR count). The van der Waals surface area contributed by atoms with Gasteiger partial charge in [-0.1, -0.05) is 6.07 Å². The number of rotatable bonds is 7. The van der Waals surface area contributed by atoms with Gasteiger partial charge in [-0.3, -0.25) is 19.7 Å². The van der Waals surface area contributed by atoms with Crippen LogP contribution < -0.4 is 10.1 Å². The van der Waals surface area contributed by atoms with E-state index in [9.17, 15) is 19.7 Å². The Kier molecular flexibility index (Phi) is 5.15. The van der Waals surface area contributed by atoms with Crippen molar-refractivity contribution in [1.29, 1.82) is 0 Å². The van der Waals surface area contributed by atoms with Crippen LogP contribution in [0.2, 0.25) is 0 Å². The number of amides is 2. The number of nitrogens with one attached hydrogen (secondary N) is 1. The highest BCUT2D eigenvalue weighted by atomic mass is 16.6. The first-order valence-electron chi connectivity index (χ1n) is 7.28. The summed E-state index contributed by atoms with van der Waals surface area (Å²) in [5.41, 5.74) is 0.538. The molecule has 8 nitrogen and oxygen atoms in total. The first-order valence-corrected chi connectivity index (χ1v) is 7.28. The number of hydrogen-bond donors (Lipinski definition) is 1. The Balaban J connectivity index is 1.88. The molecule has 0 radical (unpaired) electrons. The number of carbonyl (C=O) groups is 2. The third kappa shape index (κ3) is 4.94. The topological polar surface area (TPSA) is 102 Å². The van der Waals surface area contributed by atoms with Crippen molar-refractivity contribution in [1.82, 2.24) is 10.2 Å². The Bertz CT molecular complexity index is 628. The molecule has 124 valence electrons. The Morgan fingerprint density at radius 1 is 1.43 bits per heavy atom. The van der Waals surface area contributed by atoms with Crippen molar-refractivity contribution in [2.45, 2.75) is 25.8 Å². The number of aryl methyl sites for hydroxylation is 1. The minimum Gasteiger partial charge on any atom is -0.477 e. The fourth-order valence-corrected chi connectivity index (χ4v) is 1.95. The molecular formula is C15H19N3O5. The molecule has 1 N–H and O–H groups in total. The number of nitrogens with zero attached hydrogens (tertiary/aromatic N) is 2. The fraction of sp³-hybridized carbons (Fsp3) is 0.467. The van der Waals surface area contributed by atoms with E-state index >= 15 is 0 Å². The lowest BCUT2D eigenvalue weighted by molar-refractivity contribution is -0.385. The summed E-state index contributed by atoms with van der Waals surface area (Å²) in [6.07, 6.45) is 1.95. The maximum atomic E-state index is 12.0. The van der Waals surface area contributed by atoms with E-state index in [1.54, 1.807) is 13.0 Å². The lowest BCUT2D eigenvalue weighted by Crippen LogP contribution is -2.40. The summed E-state index contributed by atoms with van der Waals surface area (Å²) in [6.45, 7) is 1.31. The molecule has 0 saturated heterocycles. The number of likely N-dealkylation sites (N-methyl/N-ethyl adjacent to an activating group) is 1. The maximum Gasteiger partial charge on any atom is 0.311 e. The van der Waals surface area contributed by atoms with Gasteiger partial charge < -0.3 is 15.0 Å². The Morgan fingerprint density at radius 3 is 2.74 bits per heavy atom. The van der Waals surface area contributed by atoms with Gasteiger partial charge in [0.25, 0.3) is 5.91 Å². The molecule has 1 aromatic carbocycles. The third-order valence-corrected chi connectivity index (χ3v) is 3.41. The molecule has 0 unspecified atom stereocenters. The predicted molar refractivity (Wildman–Crippen MR) is 82.1 cm³/mol. The quantitative estimate of drug-likeness (QED) is 0.597. The number of hydrogen-bond acceptors (Lipinski definition) is 5. The van der Waals surface area contributed by atoms with Crippen molar-refractivity contribution in [2.24, 2.45) is 0 Å². The molecule has 0 bridgehead atoms. The third-order valence-electron chi connectivity index (χ3n) is 3.41. The zero-order valence-electron chi connectivity index (χ0n) is 13.1. The molecule has 1 aromatic rings. The van der Waals surface area contributed by atoms with Gasteiger partial charge in [0.15, 0.2) is 12.4 Å². The summed E-state index contributed by atoms with van der Waals surface area (Å²) in [5.74, 6) is -0.611. The number of ether oxygens (including phenoxy) is 1. The average molecular weight is 321 g/mol. The van der Waals surface area contributed by atoms with E-state index in [1.165, 1.54) is 24.1 Å². The van der Waals surface area contributed by atoms with Gasteiger partial charge in [-0.05, 0) is 31.4 Å². The minimum atomic E-state index is -0.556. The van der Waals surface area contributed by atoms with Crippen LogP contribution in [0.15, 0.2) is 18.2 Å². The SMILES string of the molecule is Cc1ccc(OCC(=O)N(C)CC(=O)NC2CC2)c([N+](=O)[O-])c1. The Labute approximate surface area is 133 Å². The smallest absolute Gasteiger partial charge is 0.311 e. The summed E-state index contributed by atoms with van der Waals surface area (Å²) >= 11 is 0. The van der Waals surface area contributed by atoms with Gasteiger partial charge >= 0.3 is 5.69 Å². The molecule has 8 heteroatoms. The second-order valence-electron chi connectivity index (χ2n) is 5.61. The maximum absolute atomic E-state index is 12.0. The van der Waals surface area contributed by atoms with Crippen LogP contribution in [-0.4, -0.2) is 47.9 Å². The van der Waals surface area contributed by atoms with E-state index < -0.39 is 10.8 Å². The summed E-state index contributed by atoms with van der Waals surface area (Å²) in [6, 6.07) is 4.74. The van der Waals surface area contributed by atoms with Gasteiger partial charge in [0, 0.05) is 19.2 Å². The molecule has 1 aliphatic carbocycles. The highest BCUT2D eigenvalue weighted by Crippen LogP contribution is 2.27. The molecule has 0 aromatic heterocycles. The van der Waals surface area contributed by atoms with Crippen LogP contribution in [0.5, 0.6) is 5.75 Å². The Morgan fingerprint density at radius 2 is 2.13 bits per heavy atom. The standard InChI is InChI=1S/C15H19N3O5/c1-10-3-6-13(12(7-10)18(21)22)23-9-15(20)17(2)8-14(19)16-11-4-5-11/h3,6-7,11H,4-5,8-9H2,1-2H3,(H,16,19). The molecule has 1 fully saturated rings. The second kappa shape index (κ2) is 7.08. The molecule has 23 heavy (non-hydrogen) atoms. The summed E-state index contributed by atoms with van der Waals surface area (Å²) in [4.78, 5) is 35.2. The van der Waals surface area contributed by atoms with Crippen molar-refractivity contribution < 1.29 is 19.2 Å². The van der Waals surface area contributed by atoms with E-state index in [-0.39, 0.29) is 36.5 Å². The van der Waals surface area contributed by atoms with Gasteiger partial charge in [-0.2, -0.15) is 0 Å². The van der Waals surface area contributed by atoms with E-state index in [4.69, 9.17) is 4.74 Å². The second-order valence-corrected chi connectivity index (χ2v) is 5.61. The summed E-state index contributed by atoms with van der Waals surface area (Å²) in [7, 11) is 1.49. The van der Waals surface area contributed by atoms with Crippen LogP contribution in [-0.2, 0) is 9.59 Å². The number of benzene rings is 1. The van der Waals surface area contributed by atoms with E-state index in [0.29, 0.717) is 0 Å².